The molecule has 2 heteroatoms. The summed E-state index contributed by atoms with van der Waals surface area (Å²) in [6.45, 7) is 7.00. The Morgan fingerprint density at radius 3 is 2.53 bits per heavy atom. The average molecular weight is 240 g/mol. The minimum Gasteiger partial charge on any atom is -0.463 e. The van der Waals surface area contributed by atoms with Crippen LogP contribution < -0.4 is 0 Å². The highest BCUT2D eigenvalue weighted by atomic mass is 16.5. The first kappa shape index (κ1) is 16.2. The van der Waals surface area contributed by atoms with E-state index in [1.165, 1.54) is 32.1 Å². The van der Waals surface area contributed by atoms with Crippen LogP contribution in [0.4, 0.5) is 0 Å². The summed E-state index contributed by atoms with van der Waals surface area (Å²) in [5, 5.41) is 0. The van der Waals surface area contributed by atoms with Gasteiger partial charge >= 0.3 is 5.97 Å². The zero-order valence-corrected chi connectivity index (χ0v) is 11.7. The van der Waals surface area contributed by atoms with Crippen LogP contribution >= 0.6 is 0 Å². The van der Waals surface area contributed by atoms with E-state index < -0.39 is 0 Å². The zero-order chi connectivity index (χ0) is 12.9. The Morgan fingerprint density at radius 2 is 1.88 bits per heavy atom. The van der Waals surface area contributed by atoms with Crippen molar-refractivity contribution < 1.29 is 9.53 Å². The highest BCUT2D eigenvalue weighted by Crippen LogP contribution is 2.05. The lowest BCUT2D eigenvalue weighted by Crippen LogP contribution is -2.04. The minimum atomic E-state index is -0.195. The van der Waals surface area contributed by atoms with Gasteiger partial charge in [-0.3, -0.25) is 0 Å². The van der Waals surface area contributed by atoms with Crippen LogP contribution in [0.3, 0.4) is 0 Å². The van der Waals surface area contributed by atoms with Crippen molar-refractivity contribution in [2.75, 3.05) is 6.61 Å². The first-order valence-corrected chi connectivity index (χ1v) is 7.00. The SMILES string of the molecule is CCCCCCCC=CC(=O)OCCC(C)C. The summed E-state index contributed by atoms with van der Waals surface area (Å²) < 4.78 is 5.07. The van der Waals surface area contributed by atoms with Gasteiger partial charge in [-0.15, -0.1) is 0 Å². The summed E-state index contributed by atoms with van der Waals surface area (Å²) >= 11 is 0. The molecule has 0 unspecified atom stereocenters. The van der Waals surface area contributed by atoms with Crippen LogP contribution in [0, 0.1) is 5.92 Å². The van der Waals surface area contributed by atoms with E-state index in [0.717, 1.165) is 12.8 Å². The predicted octanol–water partition coefficient (Wildman–Crippen LogP) is 4.49. The van der Waals surface area contributed by atoms with Crippen molar-refractivity contribution in [3.63, 3.8) is 0 Å². The molecule has 0 saturated carbocycles. The van der Waals surface area contributed by atoms with E-state index in [0.29, 0.717) is 12.5 Å². The molecular weight excluding hydrogens is 212 g/mol. The number of esters is 1. The van der Waals surface area contributed by atoms with E-state index in [4.69, 9.17) is 4.74 Å². The van der Waals surface area contributed by atoms with Gasteiger partial charge in [-0.2, -0.15) is 0 Å². The first-order chi connectivity index (χ1) is 8.16. The second kappa shape index (κ2) is 11.7. The number of carbonyl (C=O) groups excluding carboxylic acids is 1. The van der Waals surface area contributed by atoms with Gasteiger partial charge in [0.1, 0.15) is 0 Å². The quantitative estimate of drug-likeness (QED) is 0.319. The minimum absolute atomic E-state index is 0.195. The third-order valence-electron chi connectivity index (χ3n) is 2.67. The highest BCUT2D eigenvalue weighted by molar-refractivity contribution is 5.81. The van der Waals surface area contributed by atoms with Gasteiger partial charge in [0.05, 0.1) is 6.61 Å². The molecule has 0 aromatic rings. The molecule has 0 aromatic carbocycles. The maximum atomic E-state index is 11.3. The number of allylic oxidation sites excluding steroid dienone is 1. The molecule has 0 amide bonds. The summed E-state index contributed by atoms with van der Waals surface area (Å²) in [7, 11) is 0. The fourth-order valence-electron chi connectivity index (χ4n) is 1.49. The van der Waals surface area contributed by atoms with Gasteiger partial charge in [0, 0.05) is 6.08 Å². The van der Waals surface area contributed by atoms with Crippen LogP contribution in [0.5, 0.6) is 0 Å². The molecule has 0 saturated heterocycles. The Morgan fingerprint density at radius 1 is 1.18 bits per heavy atom. The van der Waals surface area contributed by atoms with Gasteiger partial charge in [-0.25, -0.2) is 4.79 Å². The normalized spacial score (nSPS) is 11.3. The summed E-state index contributed by atoms with van der Waals surface area (Å²) in [6, 6.07) is 0. The van der Waals surface area contributed by atoms with Gasteiger partial charge in [-0.1, -0.05) is 52.5 Å². The molecule has 0 atom stereocenters. The van der Waals surface area contributed by atoms with Gasteiger partial charge in [0.2, 0.25) is 0 Å². The molecule has 0 fully saturated rings. The van der Waals surface area contributed by atoms with Crippen molar-refractivity contribution in [2.45, 2.75) is 65.7 Å². The number of hydrogen-bond acceptors (Lipinski definition) is 2. The second-order valence-corrected chi connectivity index (χ2v) is 4.96. The average Bonchev–Trinajstić information content (AvgIpc) is 2.27. The van der Waals surface area contributed by atoms with E-state index >= 15 is 0 Å². The summed E-state index contributed by atoms with van der Waals surface area (Å²) in [5.74, 6) is 0.393. The monoisotopic (exact) mass is 240 g/mol. The molecule has 0 spiro atoms. The zero-order valence-electron chi connectivity index (χ0n) is 11.7. The van der Waals surface area contributed by atoms with Crippen molar-refractivity contribution in [2.24, 2.45) is 5.92 Å². The molecule has 0 aliphatic carbocycles. The molecule has 0 aliphatic heterocycles. The highest BCUT2D eigenvalue weighted by Gasteiger charge is 1.98. The smallest absolute Gasteiger partial charge is 0.330 e. The lowest BCUT2D eigenvalue weighted by Gasteiger charge is -2.04. The fraction of sp³-hybridized carbons (Fsp3) is 0.800. The maximum Gasteiger partial charge on any atom is 0.330 e. The molecule has 17 heavy (non-hydrogen) atoms. The summed E-state index contributed by atoms with van der Waals surface area (Å²) in [4.78, 5) is 11.3. The Hall–Kier alpha value is -0.790. The Labute approximate surface area is 106 Å². The summed E-state index contributed by atoms with van der Waals surface area (Å²) in [6.07, 6.45) is 11.8. The molecule has 0 radical (unpaired) electrons. The molecule has 0 bridgehead atoms. The van der Waals surface area contributed by atoms with Crippen LogP contribution in [0.1, 0.15) is 65.7 Å². The number of ether oxygens (including phenoxy) is 1. The third kappa shape index (κ3) is 13.1. The van der Waals surface area contributed by atoms with Crippen molar-refractivity contribution in [1.29, 1.82) is 0 Å². The molecule has 0 aromatic heterocycles. The van der Waals surface area contributed by atoms with E-state index in [9.17, 15) is 4.79 Å². The molecule has 100 valence electrons. The second-order valence-electron chi connectivity index (χ2n) is 4.96. The first-order valence-electron chi connectivity index (χ1n) is 7.00. The number of rotatable bonds is 10. The predicted molar refractivity (Wildman–Crippen MR) is 72.9 cm³/mol. The van der Waals surface area contributed by atoms with Crippen molar-refractivity contribution in [3.8, 4) is 0 Å². The third-order valence-corrected chi connectivity index (χ3v) is 2.67. The van der Waals surface area contributed by atoms with Crippen LogP contribution in [0.25, 0.3) is 0 Å². The van der Waals surface area contributed by atoms with Gasteiger partial charge in [-0.05, 0) is 25.2 Å². The van der Waals surface area contributed by atoms with Crippen molar-refractivity contribution in [3.05, 3.63) is 12.2 Å². The van der Waals surface area contributed by atoms with Crippen molar-refractivity contribution in [1.82, 2.24) is 0 Å². The van der Waals surface area contributed by atoms with Gasteiger partial charge in [0.15, 0.2) is 0 Å². The van der Waals surface area contributed by atoms with Crippen molar-refractivity contribution >= 4 is 5.97 Å². The van der Waals surface area contributed by atoms with Crippen LogP contribution in [0.15, 0.2) is 12.2 Å². The van der Waals surface area contributed by atoms with E-state index in [1.807, 2.05) is 6.08 Å². The molecule has 2 nitrogen and oxygen atoms in total. The standard InChI is InChI=1S/C15H28O2/c1-4-5-6-7-8-9-10-11-15(16)17-13-12-14(2)3/h10-11,14H,4-9,12-13H2,1-3H3. The lowest BCUT2D eigenvalue weighted by atomic mass is 10.1. The molecule has 0 aliphatic rings. The van der Waals surface area contributed by atoms with Gasteiger partial charge < -0.3 is 4.74 Å². The number of carbonyl (C=O) groups is 1. The lowest BCUT2D eigenvalue weighted by molar-refractivity contribution is -0.138. The number of unbranched alkanes of at least 4 members (excludes halogenated alkanes) is 5. The molecule has 0 N–H and O–H groups in total. The van der Waals surface area contributed by atoms with E-state index in [2.05, 4.69) is 20.8 Å². The Kier molecular flexibility index (Phi) is 11.1. The fourth-order valence-corrected chi connectivity index (χ4v) is 1.49. The van der Waals surface area contributed by atoms with E-state index in [1.54, 1.807) is 6.08 Å². The van der Waals surface area contributed by atoms with Gasteiger partial charge in [0.25, 0.3) is 0 Å². The van der Waals surface area contributed by atoms with Crippen LogP contribution in [-0.4, -0.2) is 12.6 Å². The topological polar surface area (TPSA) is 26.3 Å². The Bertz CT molecular complexity index is 207. The molecule has 0 rings (SSSR count). The van der Waals surface area contributed by atoms with Crippen LogP contribution in [-0.2, 0) is 9.53 Å². The number of hydrogen-bond donors (Lipinski definition) is 0. The molecule has 0 heterocycles. The largest absolute Gasteiger partial charge is 0.463 e. The maximum absolute atomic E-state index is 11.3. The summed E-state index contributed by atoms with van der Waals surface area (Å²) in [5.41, 5.74) is 0. The van der Waals surface area contributed by atoms with Crippen LogP contribution in [0.2, 0.25) is 0 Å². The Balaban J connectivity index is 3.34. The molecular formula is C15H28O2. The van der Waals surface area contributed by atoms with E-state index in [-0.39, 0.29) is 5.97 Å².